The molecule has 2 aromatic carbocycles. The van der Waals surface area contributed by atoms with Gasteiger partial charge < -0.3 is 19.5 Å². The Kier molecular flexibility index (Phi) is 7.35. The van der Waals surface area contributed by atoms with E-state index >= 15 is 0 Å². The molecule has 0 aliphatic carbocycles. The number of ether oxygens (including phenoxy) is 1. The first-order chi connectivity index (χ1) is 21.0. The quantitative estimate of drug-likeness (QED) is 0.351. The number of nitrogens with zero attached hydrogens (tertiary/aromatic N) is 5. The number of piperidine rings is 1. The predicted molar refractivity (Wildman–Crippen MR) is 166 cm³/mol. The fourth-order valence-corrected chi connectivity index (χ4v) is 8.59. The molecule has 0 saturated carbocycles. The van der Waals surface area contributed by atoms with Crippen LogP contribution >= 0.6 is 0 Å². The van der Waals surface area contributed by atoms with E-state index in [1.807, 2.05) is 12.1 Å². The lowest BCUT2D eigenvalue weighted by atomic mass is 9.68. The molecule has 12 heteroatoms. The van der Waals surface area contributed by atoms with Gasteiger partial charge in [-0.3, -0.25) is 14.6 Å². The van der Waals surface area contributed by atoms with Crippen LogP contribution in [0.1, 0.15) is 45.8 Å². The van der Waals surface area contributed by atoms with Crippen molar-refractivity contribution in [3.63, 3.8) is 0 Å². The summed E-state index contributed by atoms with van der Waals surface area (Å²) in [5.41, 5.74) is 3.12. The Morgan fingerprint density at radius 2 is 1.75 bits per heavy atom. The number of amides is 2. The van der Waals surface area contributed by atoms with Crippen molar-refractivity contribution in [3.8, 4) is 5.75 Å². The largest absolute Gasteiger partial charge is 0.497 e. The van der Waals surface area contributed by atoms with E-state index < -0.39 is 15.4 Å². The number of nitrogens with one attached hydrogen (secondary N) is 1. The molecule has 0 radical (unpaired) electrons. The number of pyridine rings is 1. The minimum atomic E-state index is -3.99. The first-order valence-electron chi connectivity index (χ1n) is 14.6. The average molecular weight is 617 g/mol. The molecule has 4 heterocycles. The Hall–Kier alpha value is -4.45. The Bertz CT molecular complexity index is 1860. The maximum atomic E-state index is 14.0. The van der Waals surface area contributed by atoms with Crippen molar-refractivity contribution in [1.29, 1.82) is 0 Å². The van der Waals surface area contributed by atoms with Crippen molar-refractivity contribution in [3.05, 3.63) is 77.1 Å². The zero-order valence-electron chi connectivity index (χ0n) is 25.5. The second-order valence-corrected chi connectivity index (χ2v) is 13.6. The Morgan fingerprint density at radius 3 is 2.39 bits per heavy atom. The smallest absolute Gasteiger partial charge is 0.266 e. The van der Waals surface area contributed by atoms with Crippen LogP contribution in [-0.2, 0) is 21.9 Å². The number of para-hydroxylation sites is 1. The fourth-order valence-electron chi connectivity index (χ4n) is 7.00. The summed E-state index contributed by atoms with van der Waals surface area (Å²) in [4.78, 5) is 37.8. The summed E-state index contributed by atoms with van der Waals surface area (Å²) < 4.78 is 35.9. The number of likely N-dealkylation sites (tertiary alicyclic amines) is 1. The normalized spacial score (nSPS) is 18.1. The summed E-state index contributed by atoms with van der Waals surface area (Å²) in [7, 11) is 0.736. The van der Waals surface area contributed by atoms with Crippen molar-refractivity contribution in [2.75, 3.05) is 38.1 Å². The highest BCUT2D eigenvalue weighted by Crippen LogP contribution is 2.48. The third kappa shape index (κ3) is 4.59. The van der Waals surface area contributed by atoms with Crippen LogP contribution in [0, 0.1) is 19.3 Å². The van der Waals surface area contributed by atoms with Gasteiger partial charge >= 0.3 is 0 Å². The van der Waals surface area contributed by atoms with Gasteiger partial charge in [0.05, 0.1) is 34.0 Å². The molecule has 2 aliphatic heterocycles. The number of carbonyl (C=O) groups is 2. The molecule has 1 N–H and O–H groups in total. The summed E-state index contributed by atoms with van der Waals surface area (Å²) in [6, 6.07) is 12.6. The summed E-state index contributed by atoms with van der Waals surface area (Å²) in [6.07, 6.45) is 4.59. The maximum Gasteiger partial charge on any atom is 0.266 e. The highest BCUT2D eigenvalue weighted by molar-refractivity contribution is 7.92. The van der Waals surface area contributed by atoms with E-state index in [1.54, 1.807) is 80.2 Å². The molecule has 6 rings (SSSR count). The lowest BCUT2D eigenvalue weighted by Gasteiger charge is -2.41. The van der Waals surface area contributed by atoms with Crippen LogP contribution < -0.4 is 14.4 Å². The number of sulfonamides is 1. The molecule has 1 spiro atoms. The van der Waals surface area contributed by atoms with Crippen molar-refractivity contribution < 1.29 is 22.7 Å². The molecule has 230 valence electrons. The van der Waals surface area contributed by atoms with E-state index in [9.17, 15) is 18.0 Å². The second-order valence-electron chi connectivity index (χ2n) is 11.7. The van der Waals surface area contributed by atoms with Gasteiger partial charge in [-0.2, -0.15) is 0 Å². The van der Waals surface area contributed by atoms with E-state index in [0.717, 1.165) is 9.87 Å². The van der Waals surface area contributed by atoms with Crippen LogP contribution in [0.15, 0.2) is 59.8 Å². The van der Waals surface area contributed by atoms with Gasteiger partial charge in [-0.05, 0) is 79.8 Å². The molecular formula is C32H36N6O5S. The van der Waals surface area contributed by atoms with Crippen LogP contribution in [-0.4, -0.2) is 73.5 Å². The minimum absolute atomic E-state index is 0.0220. The molecule has 2 aliphatic rings. The average Bonchev–Trinajstić information content (AvgIpc) is 3.52. The Morgan fingerprint density at radius 1 is 1.09 bits per heavy atom. The number of aryl methyl sites for hydroxylation is 3. The topological polar surface area (TPSA) is 127 Å². The number of anilines is 1. The van der Waals surface area contributed by atoms with E-state index in [4.69, 9.17) is 4.74 Å². The van der Waals surface area contributed by atoms with Crippen molar-refractivity contribution in [2.24, 2.45) is 12.5 Å². The van der Waals surface area contributed by atoms with Gasteiger partial charge in [-0.15, -0.1) is 0 Å². The first kappa shape index (κ1) is 29.6. The minimum Gasteiger partial charge on any atom is -0.497 e. The van der Waals surface area contributed by atoms with Gasteiger partial charge in [0, 0.05) is 52.0 Å². The molecule has 11 nitrogen and oxygen atoms in total. The first-order valence-corrected chi connectivity index (χ1v) is 16.0. The van der Waals surface area contributed by atoms with Crippen molar-refractivity contribution in [1.82, 2.24) is 24.8 Å². The van der Waals surface area contributed by atoms with Crippen LogP contribution in [0.25, 0.3) is 11.0 Å². The number of imidazole rings is 1. The number of carbonyl (C=O) groups excluding carboxylic acids is 2. The standard InChI is InChI=1S/C32H36N6O5S/c1-20-17-23(43-5)18-21(2)28(20)44(41,42)37(4)31-35-26-8-6-7-24(27(26)36(31)3)29(39)38-15-11-32(12-16-38)25(19-34-30(32)40)22-9-13-33-14-10-22/h6-10,13-14,17-18,25H,11-12,15-16,19H2,1-5H3,(H,34,40). The maximum absolute atomic E-state index is 14.0. The van der Waals surface area contributed by atoms with Crippen LogP contribution in [0.4, 0.5) is 5.95 Å². The van der Waals surface area contributed by atoms with Crippen LogP contribution in [0.2, 0.25) is 0 Å². The number of hydrogen-bond acceptors (Lipinski definition) is 7. The Balaban J connectivity index is 1.29. The molecule has 1 atom stereocenters. The summed E-state index contributed by atoms with van der Waals surface area (Å²) >= 11 is 0. The molecule has 1 unspecified atom stereocenters. The van der Waals surface area contributed by atoms with Crippen molar-refractivity contribution >= 4 is 38.8 Å². The molecule has 2 saturated heterocycles. The van der Waals surface area contributed by atoms with Gasteiger partial charge in [-0.25, -0.2) is 17.7 Å². The zero-order chi connectivity index (χ0) is 31.4. The van der Waals surface area contributed by atoms with Crippen LogP contribution in [0.5, 0.6) is 5.75 Å². The van der Waals surface area contributed by atoms with Gasteiger partial charge in [0.2, 0.25) is 11.9 Å². The van der Waals surface area contributed by atoms with E-state index in [-0.39, 0.29) is 28.6 Å². The second kappa shape index (κ2) is 10.9. The summed E-state index contributed by atoms with van der Waals surface area (Å²) in [5, 5.41) is 3.05. The monoisotopic (exact) mass is 616 g/mol. The summed E-state index contributed by atoms with van der Waals surface area (Å²) in [6.45, 7) is 4.90. The predicted octanol–water partition coefficient (Wildman–Crippen LogP) is 3.55. The van der Waals surface area contributed by atoms with Crippen molar-refractivity contribution in [2.45, 2.75) is 37.5 Å². The number of aromatic nitrogens is 3. The molecule has 2 aromatic heterocycles. The number of fused-ring (bicyclic) bond motifs is 1. The Labute approximate surface area is 256 Å². The molecular weight excluding hydrogens is 580 g/mol. The van der Waals surface area contributed by atoms with E-state index in [0.29, 0.717) is 65.9 Å². The highest BCUT2D eigenvalue weighted by atomic mass is 32.2. The van der Waals surface area contributed by atoms with Gasteiger partial charge in [0.1, 0.15) is 5.75 Å². The molecule has 2 amide bonds. The third-order valence-corrected chi connectivity index (χ3v) is 11.4. The highest BCUT2D eigenvalue weighted by Gasteiger charge is 2.52. The number of hydrogen-bond donors (Lipinski definition) is 1. The SMILES string of the molecule is COc1cc(C)c(S(=O)(=O)N(C)c2nc3cccc(C(=O)N4CCC5(CC4)C(=O)NCC5c4ccncc4)c3n2C)c(C)c1. The number of benzene rings is 2. The van der Waals surface area contributed by atoms with Gasteiger partial charge in [-0.1, -0.05) is 6.07 Å². The lowest BCUT2D eigenvalue weighted by Crippen LogP contribution is -2.48. The van der Waals surface area contributed by atoms with E-state index in [1.165, 1.54) is 7.05 Å². The number of methoxy groups -OCH3 is 1. The molecule has 2 fully saturated rings. The van der Waals surface area contributed by atoms with Gasteiger partial charge in [0.15, 0.2) is 0 Å². The fraction of sp³-hybridized carbons (Fsp3) is 0.375. The van der Waals surface area contributed by atoms with E-state index in [2.05, 4.69) is 15.3 Å². The lowest BCUT2D eigenvalue weighted by molar-refractivity contribution is -0.130. The van der Waals surface area contributed by atoms with Crippen LogP contribution in [0.3, 0.4) is 0 Å². The number of rotatable bonds is 6. The zero-order valence-corrected chi connectivity index (χ0v) is 26.3. The molecule has 0 bridgehead atoms. The third-order valence-electron chi connectivity index (χ3n) is 9.31. The van der Waals surface area contributed by atoms with Gasteiger partial charge in [0.25, 0.3) is 15.9 Å². The summed E-state index contributed by atoms with van der Waals surface area (Å²) in [5.74, 6) is 0.657. The molecule has 44 heavy (non-hydrogen) atoms. The molecule has 4 aromatic rings.